The van der Waals surface area contributed by atoms with Gasteiger partial charge >= 0.3 is 12.1 Å². The number of carbonyl (C=O) groups excluding carboxylic acids is 1. The maximum Gasteiger partial charge on any atom is 0.416 e. The number of fused-ring (bicyclic) bond motifs is 1. The molecule has 3 aromatic heterocycles. The highest BCUT2D eigenvalue weighted by Gasteiger charge is 2.31. The Labute approximate surface area is 222 Å². The van der Waals surface area contributed by atoms with Crippen LogP contribution in [0.4, 0.5) is 19.1 Å². The zero-order chi connectivity index (χ0) is 27.6. The highest BCUT2D eigenvalue weighted by molar-refractivity contribution is 5.91. The van der Waals surface area contributed by atoms with Crippen molar-refractivity contribution in [2.24, 2.45) is 0 Å². The Morgan fingerprint density at radius 2 is 1.82 bits per heavy atom. The molecule has 10 heteroatoms. The number of nitrogens with one attached hydrogen (secondary N) is 1. The third-order valence-electron chi connectivity index (χ3n) is 6.14. The standard InChI is InChI=1S/C29H24F3N5O2/c1-3-39-27(38)21-13-15-37-24(17-21)36-25(20-10-7-11-22(16-20)29(30,31)32)26(37)23-12-14-33-28(35-23)34-18(2)19-8-5-4-6-9-19/h4-18H,3H2,1-2H3,(H,33,34,35)/t18-/m1/s1. The molecule has 7 nitrogen and oxygen atoms in total. The Bertz CT molecular complexity index is 1630. The Kier molecular flexibility index (Phi) is 7.02. The number of halogens is 3. The lowest BCUT2D eigenvalue weighted by Gasteiger charge is -2.15. The summed E-state index contributed by atoms with van der Waals surface area (Å²) >= 11 is 0. The molecule has 39 heavy (non-hydrogen) atoms. The number of carbonyl (C=O) groups is 1. The van der Waals surface area contributed by atoms with Crippen molar-refractivity contribution in [1.29, 1.82) is 0 Å². The highest BCUT2D eigenvalue weighted by atomic mass is 19.4. The molecule has 5 rings (SSSR count). The van der Waals surface area contributed by atoms with E-state index in [-0.39, 0.29) is 29.5 Å². The minimum Gasteiger partial charge on any atom is -0.462 e. The van der Waals surface area contributed by atoms with Crippen LogP contribution in [0.3, 0.4) is 0 Å². The van der Waals surface area contributed by atoms with E-state index < -0.39 is 17.7 Å². The van der Waals surface area contributed by atoms with Gasteiger partial charge in [-0.2, -0.15) is 13.2 Å². The number of benzene rings is 2. The number of anilines is 1. The normalized spacial score (nSPS) is 12.3. The maximum absolute atomic E-state index is 13.5. The topological polar surface area (TPSA) is 81.4 Å². The lowest BCUT2D eigenvalue weighted by Crippen LogP contribution is -2.09. The SMILES string of the molecule is CCOC(=O)c1ccn2c(-c3ccnc(N[C@H](C)c4ccccc4)n3)c(-c3cccc(C(F)(F)F)c3)nc2c1. The molecule has 0 aliphatic rings. The van der Waals surface area contributed by atoms with Crippen LogP contribution in [0.15, 0.2) is 85.2 Å². The van der Waals surface area contributed by atoms with E-state index in [1.54, 1.807) is 41.9 Å². The van der Waals surface area contributed by atoms with Gasteiger partial charge in [0.05, 0.1) is 40.9 Å². The number of rotatable bonds is 7. The number of hydrogen-bond acceptors (Lipinski definition) is 6. The van der Waals surface area contributed by atoms with E-state index >= 15 is 0 Å². The average Bonchev–Trinajstić information content (AvgIpc) is 3.32. The largest absolute Gasteiger partial charge is 0.462 e. The summed E-state index contributed by atoms with van der Waals surface area (Å²) < 4.78 is 47.4. The van der Waals surface area contributed by atoms with Gasteiger partial charge in [0.1, 0.15) is 5.65 Å². The first-order valence-electron chi connectivity index (χ1n) is 12.3. The van der Waals surface area contributed by atoms with Gasteiger partial charge in [-0.15, -0.1) is 0 Å². The highest BCUT2D eigenvalue weighted by Crippen LogP contribution is 2.36. The van der Waals surface area contributed by atoms with Crippen molar-refractivity contribution in [1.82, 2.24) is 19.4 Å². The van der Waals surface area contributed by atoms with Crippen LogP contribution < -0.4 is 5.32 Å². The van der Waals surface area contributed by atoms with Crippen LogP contribution >= 0.6 is 0 Å². The van der Waals surface area contributed by atoms with Crippen LogP contribution in [0, 0.1) is 0 Å². The molecule has 198 valence electrons. The smallest absolute Gasteiger partial charge is 0.416 e. The van der Waals surface area contributed by atoms with E-state index in [1.165, 1.54) is 12.1 Å². The van der Waals surface area contributed by atoms with Crippen LogP contribution in [0.1, 0.15) is 41.4 Å². The van der Waals surface area contributed by atoms with Crippen LogP contribution in [-0.2, 0) is 10.9 Å². The third-order valence-corrected chi connectivity index (χ3v) is 6.14. The number of ether oxygens (including phenoxy) is 1. The Morgan fingerprint density at radius 3 is 2.56 bits per heavy atom. The molecule has 0 radical (unpaired) electrons. The van der Waals surface area contributed by atoms with Crippen molar-refractivity contribution in [2.75, 3.05) is 11.9 Å². The summed E-state index contributed by atoms with van der Waals surface area (Å²) in [5, 5.41) is 3.27. The molecule has 0 unspecified atom stereocenters. The van der Waals surface area contributed by atoms with Crippen molar-refractivity contribution in [3.8, 4) is 22.6 Å². The van der Waals surface area contributed by atoms with Gasteiger partial charge in [-0.1, -0.05) is 42.5 Å². The predicted molar refractivity (Wildman–Crippen MR) is 141 cm³/mol. The summed E-state index contributed by atoms with van der Waals surface area (Å²) in [5.74, 6) is -0.175. The second kappa shape index (κ2) is 10.6. The van der Waals surface area contributed by atoms with E-state index in [2.05, 4.69) is 20.3 Å². The first kappa shape index (κ1) is 25.9. The van der Waals surface area contributed by atoms with E-state index in [4.69, 9.17) is 4.74 Å². The quantitative estimate of drug-likeness (QED) is 0.232. The Balaban J connectivity index is 1.64. The molecule has 0 aliphatic heterocycles. The van der Waals surface area contributed by atoms with Crippen molar-refractivity contribution in [3.63, 3.8) is 0 Å². The van der Waals surface area contributed by atoms with Crippen molar-refractivity contribution in [3.05, 3.63) is 102 Å². The lowest BCUT2D eigenvalue weighted by molar-refractivity contribution is -0.137. The summed E-state index contributed by atoms with van der Waals surface area (Å²) in [7, 11) is 0. The summed E-state index contributed by atoms with van der Waals surface area (Å²) in [6.07, 6.45) is -1.32. The van der Waals surface area contributed by atoms with Crippen molar-refractivity contribution in [2.45, 2.75) is 26.1 Å². The van der Waals surface area contributed by atoms with Gasteiger partial charge in [0, 0.05) is 18.0 Å². The molecule has 0 bridgehead atoms. The van der Waals surface area contributed by atoms with Gasteiger partial charge < -0.3 is 10.1 Å². The summed E-state index contributed by atoms with van der Waals surface area (Å²) in [4.78, 5) is 26.0. The Hall–Kier alpha value is -4.73. The molecule has 0 amide bonds. The van der Waals surface area contributed by atoms with Crippen molar-refractivity contribution < 1.29 is 22.7 Å². The third kappa shape index (κ3) is 5.45. The molecule has 5 aromatic rings. The molecule has 0 saturated heterocycles. The molecule has 2 aromatic carbocycles. The van der Waals surface area contributed by atoms with E-state index in [0.29, 0.717) is 23.0 Å². The zero-order valence-corrected chi connectivity index (χ0v) is 21.1. The van der Waals surface area contributed by atoms with E-state index in [9.17, 15) is 18.0 Å². The number of imidazole rings is 1. The number of pyridine rings is 1. The van der Waals surface area contributed by atoms with Gasteiger partial charge in [0.15, 0.2) is 0 Å². The fourth-order valence-electron chi connectivity index (χ4n) is 4.25. The molecule has 1 N–H and O–H groups in total. The lowest BCUT2D eigenvalue weighted by atomic mass is 10.0. The number of alkyl halides is 3. The fraction of sp³-hybridized carbons (Fsp3) is 0.172. The van der Waals surface area contributed by atoms with Gasteiger partial charge in [-0.05, 0) is 49.7 Å². The van der Waals surface area contributed by atoms with Crippen LogP contribution in [0.2, 0.25) is 0 Å². The monoisotopic (exact) mass is 531 g/mol. The van der Waals surface area contributed by atoms with Crippen LogP contribution in [0.5, 0.6) is 0 Å². The van der Waals surface area contributed by atoms with E-state index in [1.807, 2.05) is 37.3 Å². The van der Waals surface area contributed by atoms with Gasteiger partial charge in [0.2, 0.25) is 5.95 Å². The molecule has 0 spiro atoms. The average molecular weight is 532 g/mol. The van der Waals surface area contributed by atoms with Crippen molar-refractivity contribution >= 4 is 17.6 Å². The number of hydrogen-bond donors (Lipinski definition) is 1. The Morgan fingerprint density at radius 1 is 1.03 bits per heavy atom. The molecule has 0 saturated carbocycles. The predicted octanol–water partition coefficient (Wildman–Crippen LogP) is 6.83. The molecule has 3 heterocycles. The number of aromatic nitrogens is 4. The van der Waals surface area contributed by atoms with Gasteiger partial charge in [-0.3, -0.25) is 4.40 Å². The number of esters is 1. The van der Waals surface area contributed by atoms with Gasteiger partial charge in [-0.25, -0.2) is 19.7 Å². The first-order chi connectivity index (χ1) is 18.7. The molecule has 0 aliphatic carbocycles. The van der Waals surface area contributed by atoms with E-state index in [0.717, 1.165) is 17.7 Å². The van der Waals surface area contributed by atoms with Gasteiger partial charge in [0.25, 0.3) is 0 Å². The minimum absolute atomic E-state index is 0.0984. The summed E-state index contributed by atoms with van der Waals surface area (Å²) in [6.45, 7) is 3.89. The molecule has 0 fully saturated rings. The summed E-state index contributed by atoms with van der Waals surface area (Å²) in [5.41, 5.74) is 2.31. The first-order valence-corrected chi connectivity index (χ1v) is 12.3. The van der Waals surface area contributed by atoms with Crippen LogP contribution in [0.25, 0.3) is 28.3 Å². The zero-order valence-electron chi connectivity index (χ0n) is 21.1. The van der Waals surface area contributed by atoms with Crippen LogP contribution in [-0.4, -0.2) is 31.9 Å². The fourth-order valence-corrected chi connectivity index (χ4v) is 4.25. The molecular formula is C29H24F3N5O2. The summed E-state index contributed by atoms with van der Waals surface area (Å²) in [6, 6.07) is 19.4. The maximum atomic E-state index is 13.5. The molecular weight excluding hydrogens is 507 g/mol. The number of nitrogens with zero attached hydrogens (tertiary/aromatic N) is 4. The second-order valence-corrected chi connectivity index (χ2v) is 8.79. The minimum atomic E-state index is -4.52. The second-order valence-electron chi connectivity index (χ2n) is 8.79. The molecule has 1 atom stereocenters.